The second-order valence-corrected chi connectivity index (χ2v) is 10.6. The lowest BCUT2D eigenvalue weighted by atomic mass is 9.97. The fourth-order valence-corrected chi connectivity index (χ4v) is 5.40. The van der Waals surface area contributed by atoms with E-state index in [4.69, 9.17) is 34.8 Å². The molecular weight excluding hydrogens is 543 g/mol. The van der Waals surface area contributed by atoms with Crippen LogP contribution in [-0.2, 0) is 4.79 Å². The SMILES string of the molecule is CC(C)N(CC(=O)N1c2ccccc2-n2cccc2C1c1cccc(Cl)c1)C(=O)Nc1ccc(Cl)cc1Cl. The van der Waals surface area contributed by atoms with Gasteiger partial charge in [0.05, 0.1) is 27.8 Å². The van der Waals surface area contributed by atoms with Gasteiger partial charge in [-0.1, -0.05) is 59.1 Å². The molecule has 1 atom stereocenters. The first kappa shape index (κ1) is 26.2. The minimum absolute atomic E-state index is 0.152. The number of hydrogen-bond acceptors (Lipinski definition) is 2. The average molecular weight is 568 g/mol. The van der Waals surface area contributed by atoms with Gasteiger partial charge in [0, 0.05) is 22.3 Å². The number of nitrogens with one attached hydrogen (secondary N) is 1. The minimum Gasteiger partial charge on any atom is -0.316 e. The normalized spacial score (nSPS) is 14.2. The van der Waals surface area contributed by atoms with Gasteiger partial charge in [0.2, 0.25) is 5.91 Å². The van der Waals surface area contributed by atoms with Crippen LogP contribution in [0.4, 0.5) is 16.2 Å². The molecule has 9 heteroatoms. The van der Waals surface area contributed by atoms with E-state index in [2.05, 4.69) is 9.88 Å². The fourth-order valence-electron chi connectivity index (χ4n) is 4.74. The molecular formula is C29H25Cl3N4O2. The maximum absolute atomic E-state index is 14.2. The number of aromatic nitrogens is 1. The van der Waals surface area contributed by atoms with Crippen molar-refractivity contribution >= 4 is 58.1 Å². The van der Waals surface area contributed by atoms with Gasteiger partial charge in [-0.2, -0.15) is 0 Å². The molecule has 5 rings (SSSR count). The van der Waals surface area contributed by atoms with E-state index in [0.717, 1.165) is 22.6 Å². The lowest BCUT2D eigenvalue weighted by molar-refractivity contribution is -0.119. The van der Waals surface area contributed by atoms with E-state index in [9.17, 15) is 9.59 Å². The number of amides is 3. The van der Waals surface area contributed by atoms with Crippen molar-refractivity contribution < 1.29 is 9.59 Å². The minimum atomic E-state index is -0.439. The van der Waals surface area contributed by atoms with Crippen molar-refractivity contribution in [2.75, 3.05) is 16.8 Å². The van der Waals surface area contributed by atoms with Crippen LogP contribution in [0.2, 0.25) is 15.1 Å². The molecule has 194 valence electrons. The molecule has 3 aromatic carbocycles. The number of para-hydroxylation sites is 2. The van der Waals surface area contributed by atoms with Gasteiger partial charge in [-0.15, -0.1) is 0 Å². The van der Waals surface area contributed by atoms with Crippen molar-refractivity contribution in [3.05, 3.63) is 111 Å². The third kappa shape index (κ3) is 4.99. The molecule has 0 spiro atoms. The quantitative estimate of drug-likeness (QED) is 0.267. The summed E-state index contributed by atoms with van der Waals surface area (Å²) in [4.78, 5) is 30.7. The number of halogens is 3. The molecule has 1 aliphatic heterocycles. The smallest absolute Gasteiger partial charge is 0.316 e. The first-order chi connectivity index (χ1) is 18.2. The van der Waals surface area contributed by atoms with Gasteiger partial charge in [0.25, 0.3) is 0 Å². The molecule has 38 heavy (non-hydrogen) atoms. The Kier molecular flexibility index (Phi) is 7.39. The first-order valence-corrected chi connectivity index (χ1v) is 13.2. The Balaban J connectivity index is 1.52. The monoisotopic (exact) mass is 566 g/mol. The zero-order chi connectivity index (χ0) is 27.0. The Bertz CT molecular complexity index is 1520. The number of carbonyl (C=O) groups excluding carboxylic acids is 2. The lowest BCUT2D eigenvalue weighted by Crippen LogP contribution is -2.49. The Labute approximate surface area is 236 Å². The topological polar surface area (TPSA) is 57.6 Å². The van der Waals surface area contributed by atoms with Crippen molar-refractivity contribution in [3.8, 4) is 5.69 Å². The first-order valence-electron chi connectivity index (χ1n) is 12.1. The largest absolute Gasteiger partial charge is 0.322 e. The molecule has 1 N–H and O–H groups in total. The molecule has 2 heterocycles. The van der Waals surface area contributed by atoms with Crippen LogP contribution in [0.5, 0.6) is 0 Å². The van der Waals surface area contributed by atoms with Gasteiger partial charge >= 0.3 is 6.03 Å². The third-order valence-corrected chi connectivity index (χ3v) is 7.30. The predicted octanol–water partition coefficient (Wildman–Crippen LogP) is 7.82. The van der Waals surface area contributed by atoms with E-state index < -0.39 is 12.1 Å². The average Bonchev–Trinajstić information content (AvgIpc) is 3.37. The van der Waals surface area contributed by atoms with Gasteiger partial charge in [0.15, 0.2) is 0 Å². The van der Waals surface area contributed by atoms with Crippen LogP contribution in [-0.4, -0.2) is 34.0 Å². The number of benzene rings is 3. The zero-order valence-electron chi connectivity index (χ0n) is 20.7. The molecule has 0 saturated heterocycles. The summed E-state index contributed by atoms with van der Waals surface area (Å²) < 4.78 is 2.08. The van der Waals surface area contributed by atoms with Crippen molar-refractivity contribution in [2.24, 2.45) is 0 Å². The number of rotatable bonds is 5. The summed E-state index contributed by atoms with van der Waals surface area (Å²) in [6.07, 6.45) is 1.98. The standard InChI is InChI=1S/C29H25Cl3N4O2/c1-18(2)35(29(38)33-23-13-12-21(31)16-22(23)32)17-27(37)36-25-10-4-3-9-24(25)34-14-6-11-26(34)28(36)19-7-5-8-20(30)15-19/h3-16,18,28H,17H2,1-2H3,(H,33,38). The molecule has 0 aliphatic carbocycles. The zero-order valence-corrected chi connectivity index (χ0v) is 23.0. The van der Waals surface area contributed by atoms with Crippen molar-refractivity contribution in [2.45, 2.75) is 25.9 Å². The number of urea groups is 1. The highest BCUT2D eigenvalue weighted by molar-refractivity contribution is 6.36. The third-order valence-electron chi connectivity index (χ3n) is 6.52. The van der Waals surface area contributed by atoms with Crippen molar-refractivity contribution in [3.63, 3.8) is 0 Å². The van der Waals surface area contributed by atoms with Crippen LogP contribution < -0.4 is 10.2 Å². The maximum atomic E-state index is 14.2. The summed E-state index contributed by atoms with van der Waals surface area (Å²) in [6.45, 7) is 3.57. The van der Waals surface area contributed by atoms with Gasteiger partial charge in [-0.25, -0.2) is 4.79 Å². The Morgan fingerprint density at radius 2 is 1.63 bits per heavy atom. The van der Waals surface area contributed by atoms with Crippen molar-refractivity contribution in [1.29, 1.82) is 0 Å². The maximum Gasteiger partial charge on any atom is 0.322 e. The molecule has 0 radical (unpaired) electrons. The van der Waals surface area contributed by atoms with Crippen LogP contribution in [0.25, 0.3) is 5.69 Å². The van der Waals surface area contributed by atoms with Gasteiger partial charge < -0.3 is 14.8 Å². The summed E-state index contributed by atoms with van der Waals surface area (Å²) in [7, 11) is 0. The lowest BCUT2D eigenvalue weighted by Gasteiger charge is -2.40. The second-order valence-electron chi connectivity index (χ2n) is 9.29. The summed E-state index contributed by atoms with van der Waals surface area (Å²) in [5, 5.41) is 4.17. The molecule has 1 aliphatic rings. The molecule has 3 amide bonds. The van der Waals surface area contributed by atoms with Gasteiger partial charge in [-0.3, -0.25) is 9.69 Å². The molecule has 0 saturated carbocycles. The second kappa shape index (κ2) is 10.7. The van der Waals surface area contributed by atoms with E-state index in [0.29, 0.717) is 20.8 Å². The Hall–Kier alpha value is -3.45. The number of nitrogens with zero attached hydrogens (tertiary/aromatic N) is 3. The highest BCUT2D eigenvalue weighted by Gasteiger charge is 2.37. The molecule has 1 unspecified atom stereocenters. The van der Waals surface area contributed by atoms with Crippen LogP contribution >= 0.6 is 34.8 Å². The predicted molar refractivity (Wildman–Crippen MR) is 154 cm³/mol. The number of anilines is 2. The van der Waals surface area contributed by atoms with Crippen molar-refractivity contribution in [1.82, 2.24) is 9.47 Å². The number of fused-ring (bicyclic) bond motifs is 3. The van der Waals surface area contributed by atoms with E-state index in [1.54, 1.807) is 29.2 Å². The Morgan fingerprint density at radius 1 is 0.895 bits per heavy atom. The van der Waals surface area contributed by atoms with Crippen LogP contribution in [0.3, 0.4) is 0 Å². The van der Waals surface area contributed by atoms with Crippen LogP contribution in [0, 0.1) is 0 Å². The Morgan fingerprint density at radius 3 is 2.34 bits per heavy atom. The van der Waals surface area contributed by atoms with E-state index in [-0.39, 0.29) is 18.5 Å². The molecule has 1 aromatic heterocycles. The summed E-state index contributed by atoms with van der Waals surface area (Å²) >= 11 is 18.6. The summed E-state index contributed by atoms with van der Waals surface area (Å²) in [6, 6.07) is 22.9. The summed E-state index contributed by atoms with van der Waals surface area (Å²) in [5.41, 5.74) is 3.84. The van der Waals surface area contributed by atoms with Crippen LogP contribution in [0.1, 0.15) is 31.1 Å². The number of carbonyl (C=O) groups is 2. The summed E-state index contributed by atoms with van der Waals surface area (Å²) in [5.74, 6) is -0.235. The molecule has 0 fully saturated rings. The highest BCUT2D eigenvalue weighted by atomic mass is 35.5. The van der Waals surface area contributed by atoms with E-state index in [1.807, 2.05) is 74.6 Å². The molecule has 0 bridgehead atoms. The van der Waals surface area contributed by atoms with Crippen LogP contribution in [0.15, 0.2) is 85.1 Å². The molecule has 6 nitrogen and oxygen atoms in total. The van der Waals surface area contributed by atoms with Gasteiger partial charge in [-0.05, 0) is 74.0 Å². The number of hydrogen-bond donors (Lipinski definition) is 1. The highest BCUT2D eigenvalue weighted by Crippen LogP contribution is 2.42. The van der Waals surface area contributed by atoms with E-state index in [1.165, 1.54) is 4.90 Å². The van der Waals surface area contributed by atoms with Gasteiger partial charge in [0.1, 0.15) is 12.6 Å². The van der Waals surface area contributed by atoms with E-state index >= 15 is 0 Å². The fraction of sp³-hybridized carbons (Fsp3) is 0.172. The molecule has 4 aromatic rings.